The van der Waals surface area contributed by atoms with Crippen molar-refractivity contribution in [2.75, 3.05) is 25.5 Å². The molecule has 0 unspecified atom stereocenters. The largest absolute Gasteiger partial charge is 0.478 e. The minimum Gasteiger partial charge on any atom is -0.478 e. The highest BCUT2D eigenvalue weighted by atomic mass is 19.1. The smallest absolute Gasteiger partial charge is 0.335 e. The monoisotopic (exact) mass is 282 g/mol. The van der Waals surface area contributed by atoms with E-state index in [1.165, 1.54) is 12.1 Å². The average molecular weight is 282 g/mol. The molecule has 0 aliphatic heterocycles. The van der Waals surface area contributed by atoms with Crippen molar-refractivity contribution in [3.8, 4) is 0 Å². The van der Waals surface area contributed by atoms with Crippen LogP contribution in [0.2, 0.25) is 0 Å². The number of hydrogen-bond acceptors (Lipinski definition) is 3. The van der Waals surface area contributed by atoms with Crippen molar-refractivity contribution >= 4 is 11.7 Å². The van der Waals surface area contributed by atoms with Gasteiger partial charge in [-0.05, 0) is 58.5 Å². The molecule has 0 saturated heterocycles. The molecule has 20 heavy (non-hydrogen) atoms. The lowest BCUT2D eigenvalue weighted by molar-refractivity contribution is 0.0696. The first-order valence-corrected chi connectivity index (χ1v) is 6.88. The number of carboxylic acid groups (broad SMARTS) is 1. The molecule has 0 spiro atoms. The molecule has 4 nitrogen and oxygen atoms in total. The van der Waals surface area contributed by atoms with E-state index >= 15 is 0 Å². The molecule has 0 aliphatic carbocycles. The van der Waals surface area contributed by atoms with Crippen LogP contribution in [0.3, 0.4) is 0 Å². The van der Waals surface area contributed by atoms with Crippen molar-refractivity contribution in [1.82, 2.24) is 4.90 Å². The maximum Gasteiger partial charge on any atom is 0.335 e. The number of nitrogens with zero attached hydrogens (tertiary/aromatic N) is 1. The SMILES string of the molecule is CC(C)N(C)CCCCNc1ccc(C(=O)O)cc1F. The van der Waals surface area contributed by atoms with Gasteiger partial charge in [0.25, 0.3) is 0 Å². The quantitative estimate of drug-likeness (QED) is 0.720. The second-order valence-corrected chi connectivity index (χ2v) is 5.21. The summed E-state index contributed by atoms with van der Waals surface area (Å²) in [5.74, 6) is -1.64. The summed E-state index contributed by atoms with van der Waals surface area (Å²) in [6.07, 6.45) is 1.98. The lowest BCUT2D eigenvalue weighted by Crippen LogP contribution is -2.27. The summed E-state index contributed by atoms with van der Waals surface area (Å²) in [6, 6.07) is 4.44. The van der Waals surface area contributed by atoms with Crippen LogP contribution in [0.4, 0.5) is 10.1 Å². The molecule has 1 aromatic carbocycles. The maximum atomic E-state index is 13.6. The summed E-state index contributed by atoms with van der Waals surface area (Å²) in [7, 11) is 2.09. The van der Waals surface area contributed by atoms with Crippen molar-refractivity contribution < 1.29 is 14.3 Å². The molecular weight excluding hydrogens is 259 g/mol. The molecule has 0 bridgehead atoms. The molecule has 0 fully saturated rings. The van der Waals surface area contributed by atoms with Gasteiger partial charge in [-0.1, -0.05) is 0 Å². The normalized spacial score (nSPS) is 11.1. The van der Waals surface area contributed by atoms with Crippen molar-refractivity contribution in [2.24, 2.45) is 0 Å². The number of hydrogen-bond donors (Lipinski definition) is 2. The predicted octanol–water partition coefficient (Wildman–Crippen LogP) is 3.06. The van der Waals surface area contributed by atoms with Crippen LogP contribution in [0.25, 0.3) is 0 Å². The van der Waals surface area contributed by atoms with E-state index in [2.05, 4.69) is 31.1 Å². The van der Waals surface area contributed by atoms with Gasteiger partial charge in [-0.15, -0.1) is 0 Å². The van der Waals surface area contributed by atoms with Crippen LogP contribution in [0.15, 0.2) is 18.2 Å². The van der Waals surface area contributed by atoms with Crippen molar-refractivity contribution in [3.05, 3.63) is 29.6 Å². The van der Waals surface area contributed by atoms with Gasteiger partial charge < -0.3 is 15.3 Å². The summed E-state index contributed by atoms with van der Waals surface area (Å²) in [5, 5.41) is 11.7. The van der Waals surface area contributed by atoms with Gasteiger partial charge in [0.15, 0.2) is 0 Å². The van der Waals surface area contributed by atoms with Gasteiger partial charge in [0, 0.05) is 12.6 Å². The third-order valence-electron chi connectivity index (χ3n) is 3.35. The fraction of sp³-hybridized carbons (Fsp3) is 0.533. The van der Waals surface area contributed by atoms with E-state index in [1.807, 2.05) is 0 Å². The van der Waals surface area contributed by atoms with Crippen LogP contribution in [0.5, 0.6) is 0 Å². The summed E-state index contributed by atoms with van der Waals surface area (Å²) in [5.41, 5.74) is 0.318. The number of unbranched alkanes of at least 4 members (excludes halogenated alkanes) is 1. The molecule has 0 atom stereocenters. The number of halogens is 1. The molecule has 2 N–H and O–H groups in total. The average Bonchev–Trinajstić information content (AvgIpc) is 2.39. The Kier molecular flexibility index (Phi) is 6.45. The Morgan fingerprint density at radius 1 is 1.40 bits per heavy atom. The van der Waals surface area contributed by atoms with E-state index in [9.17, 15) is 9.18 Å². The molecule has 0 radical (unpaired) electrons. The number of nitrogens with one attached hydrogen (secondary N) is 1. The second kappa shape index (κ2) is 7.85. The Labute approximate surface area is 119 Å². The van der Waals surface area contributed by atoms with E-state index in [1.54, 1.807) is 0 Å². The first-order chi connectivity index (χ1) is 9.41. The first-order valence-electron chi connectivity index (χ1n) is 6.88. The highest BCUT2D eigenvalue weighted by Gasteiger charge is 2.08. The van der Waals surface area contributed by atoms with Crippen molar-refractivity contribution in [3.63, 3.8) is 0 Å². The third-order valence-corrected chi connectivity index (χ3v) is 3.35. The van der Waals surface area contributed by atoms with Crippen LogP contribution in [-0.2, 0) is 0 Å². The molecule has 0 amide bonds. The topological polar surface area (TPSA) is 52.6 Å². The lowest BCUT2D eigenvalue weighted by atomic mass is 10.2. The highest BCUT2D eigenvalue weighted by molar-refractivity contribution is 5.88. The van der Waals surface area contributed by atoms with Gasteiger partial charge in [0.1, 0.15) is 5.82 Å². The number of rotatable bonds is 8. The molecule has 112 valence electrons. The van der Waals surface area contributed by atoms with Crippen LogP contribution in [0, 0.1) is 5.82 Å². The summed E-state index contributed by atoms with van der Waals surface area (Å²) < 4.78 is 13.6. The van der Waals surface area contributed by atoms with Gasteiger partial charge in [0.2, 0.25) is 0 Å². The molecule has 0 heterocycles. The van der Waals surface area contributed by atoms with Gasteiger partial charge in [0.05, 0.1) is 11.3 Å². The Morgan fingerprint density at radius 2 is 2.10 bits per heavy atom. The van der Waals surface area contributed by atoms with Gasteiger partial charge >= 0.3 is 5.97 Å². The van der Waals surface area contributed by atoms with E-state index in [0.29, 0.717) is 18.3 Å². The highest BCUT2D eigenvalue weighted by Crippen LogP contribution is 2.16. The maximum absolute atomic E-state index is 13.6. The Balaban J connectivity index is 2.34. The van der Waals surface area contributed by atoms with Crippen molar-refractivity contribution in [1.29, 1.82) is 0 Å². The molecule has 0 aromatic heterocycles. The summed E-state index contributed by atoms with van der Waals surface area (Å²) >= 11 is 0. The number of benzene rings is 1. The number of anilines is 1. The zero-order chi connectivity index (χ0) is 15.1. The predicted molar refractivity (Wildman–Crippen MR) is 78.8 cm³/mol. The van der Waals surface area contributed by atoms with Crippen LogP contribution in [-0.4, -0.2) is 42.2 Å². The number of aromatic carboxylic acids is 1. The lowest BCUT2D eigenvalue weighted by Gasteiger charge is -2.20. The molecule has 0 saturated carbocycles. The van der Waals surface area contributed by atoms with E-state index < -0.39 is 11.8 Å². The van der Waals surface area contributed by atoms with E-state index in [4.69, 9.17) is 5.11 Å². The van der Waals surface area contributed by atoms with Gasteiger partial charge in [-0.25, -0.2) is 9.18 Å². The standard InChI is InChI=1S/C15H23FN2O2/c1-11(2)18(3)9-5-4-8-17-14-7-6-12(15(19)20)10-13(14)16/h6-7,10-11,17H,4-5,8-9H2,1-3H3,(H,19,20). The summed E-state index contributed by atoms with van der Waals surface area (Å²) in [4.78, 5) is 13.0. The van der Waals surface area contributed by atoms with E-state index in [-0.39, 0.29) is 5.56 Å². The fourth-order valence-electron chi connectivity index (χ4n) is 1.76. The van der Waals surface area contributed by atoms with Gasteiger partial charge in [-0.3, -0.25) is 0 Å². The fourth-order valence-corrected chi connectivity index (χ4v) is 1.76. The molecule has 1 aromatic rings. The minimum absolute atomic E-state index is 0.0355. The Hall–Kier alpha value is -1.62. The molecule has 1 rings (SSSR count). The van der Waals surface area contributed by atoms with Gasteiger partial charge in [-0.2, -0.15) is 0 Å². The zero-order valence-corrected chi connectivity index (χ0v) is 12.3. The summed E-state index contributed by atoms with van der Waals surface area (Å²) in [6.45, 7) is 5.99. The Morgan fingerprint density at radius 3 is 2.65 bits per heavy atom. The first kappa shape index (κ1) is 16.4. The number of carboxylic acids is 1. The van der Waals surface area contributed by atoms with Crippen LogP contribution < -0.4 is 5.32 Å². The van der Waals surface area contributed by atoms with Crippen LogP contribution >= 0.6 is 0 Å². The molecule has 5 heteroatoms. The molecule has 0 aliphatic rings. The van der Waals surface area contributed by atoms with Crippen LogP contribution in [0.1, 0.15) is 37.0 Å². The number of carbonyl (C=O) groups is 1. The third kappa shape index (κ3) is 5.17. The van der Waals surface area contributed by atoms with Crippen molar-refractivity contribution in [2.45, 2.75) is 32.7 Å². The minimum atomic E-state index is -1.12. The Bertz CT molecular complexity index is 449. The van der Waals surface area contributed by atoms with E-state index in [0.717, 1.165) is 25.5 Å². The second-order valence-electron chi connectivity index (χ2n) is 5.21. The molecular formula is C15H23FN2O2. The zero-order valence-electron chi connectivity index (χ0n) is 12.3.